The van der Waals surface area contributed by atoms with Gasteiger partial charge in [0, 0.05) is 23.9 Å². The van der Waals surface area contributed by atoms with Crippen LogP contribution >= 0.6 is 0 Å². The Bertz CT molecular complexity index is 675. The fraction of sp³-hybridized carbons (Fsp3) is 0.630. The Morgan fingerprint density at radius 3 is 2.31 bits per heavy atom. The summed E-state index contributed by atoms with van der Waals surface area (Å²) in [5, 5.41) is 10.9. The zero-order valence-electron chi connectivity index (χ0n) is 20.6. The molecule has 0 aromatic heterocycles. The highest BCUT2D eigenvalue weighted by atomic mass is 16.5. The van der Waals surface area contributed by atoms with Crippen molar-refractivity contribution in [1.82, 2.24) is 5.32 Å². The average molecular weight is 445 g/mol. The van der Waals surface area contributed by atoms with Gasteiger partial charge in [0.1, 0.15) is 11.4 Å². The van der Waals surface area contributed by atoms with Crippen molar-refractivity contribution < 1.29 is 14.6 Å². The zero-order chi connectivity index (χ0) is 23.8. The van der Waals surface area contributed by atoms with E-state index in [1.165, 1.54) is 38.5 Å². The van der Waals surface area contributed by atoms with Crippen LogP contribution in [0.3, 0.4) is 0 Å². The molecule has 0 saturated heterocycles. The quantitative estimate of drug-likeness (QED) is 0.357. The summed E-state index contributed by atoms with van der Waals surface area (Å²) < 4.78 is 6.03. The van der Waals surface area contributed by atoms with E-state index in [9.17, 15) is 4.79 Å². The molecule has 2 aliphatic carbocycles. The Labute approximate surface area is 195 Å². The van der Waals surface area contributed by atoms with Crippen molar-refractivity contribution in [2.24, 2.45) is 10.9 Å². The zero-order valence-corrected chi connectivity index (χ0v) is 20.6. The summed E-state index contributed by atoms with van der Waals surface area (Å²) in [7, 11) is 0. The van der Waals surface area contributed by atoms with Crippen LogP contribution in [0.15, 0.2) is 29.8 Å². The third-order valence-corrected chi connectivity index (χ3v) is 5.61. The lowest BCUT2D eigenvalue weighted by atomic mass is 9.96. The second-order valence-electron chi connectivity index (χ2n) is 8.95. The average Bonchev–Trinajstić information content (AvgIpc) is 2.75. The van der Waals surface area contributed by atoms with E-state index in [4.69, 9.17) is 9.84 Å². The molecular weight excluding hydrogens is 400 g/mol. The Balaban J connectivity index is 0.000000326. The van der Waals surface area contributed by atoms with Crippen molar-refractivity contribution in [3.05, 3.63) is 30.3 Å². The minimum atomic E-state index is -0.167. The van der Waals surface area contributed by atoms with Crippen molar-refractivity contribution in [3.8, 4) is 5.75 Å². The molecule has 5 nitrogen and oxygen atoms in total. The number of nitrogens with zero attached hydrogens (tertiary/aromatic N) is 1. The Morgan fingerprint density at radius 2 is 1.81 bits per heavy atom. The highest BCUT2D eigenvalue weighted by Gasteiger charge is 2.20. The van der Waals surface area contributed by atoms with Crippen molar-refractivity contribution in [3.63, 3.8) is 0 Å². The van der Waals surface area contributed by atoms with Crippen LogP contribution in [0, 0.1) is 5.92 Å². The molecule has 2 aliphatic rings. The van der Waals surface area contributed by atoms with Crippen molar-refractivity contribution in [2.45, 2.75) is 104 Å². The number of nitrogens with one attached hydrogen (secondary N) is 1. The lowest BCUT2D eigenvalue weighted by molar-refractivity contribution is -0.110. The SMILES string of the molecule is C=Cc1cccc(OC2CCC2)c1N=CC(C)CC.CC(C)O.O=CNC1CCCCC1. The lowest BCUT2D eigenvalue weighted by Crippen LogP contribution is -2.29. The number of aliphatic hydroxyl groups is 1. The first kappa shape index (κ1) is 27.9. The van der Waals surface area contributed by atoms with Gasteiger partial charge in [-0.05, 0) is 64.4 Å². The van der Waals surface area contributed by atoms with E-state index >= 15 is 0 Å². The number of rotatable bonds is 8. The molecule has 0 heterocycles. The van der Waals surface area contributed by atoms with Gasteiger partial charge in [-0.1, -0.05) is 57.9 Å². The van der Waals surface area contributed by atoms with Crippen molar-refractivity contribution in [1.29, 1.82) is 0 Å². The Kier molecular flexibility index (Phi) is 14.4. The number of carbonyl (C=O) groups is 1. The van der Waals surface area contributed by atoms with E-state index in [0.29, 0.717) is 18.1 Å². The van der Waals surface area contributed by atoms with E-state index < -0.39 is 0 Å². The molecule has 1 atom stereocenters. The molecule has 0 spiro atoms. The molecule has 2 N–H and O–H groups in total. The van der Waals surface area contributed by atoms with Gasteiger partial charge in [0.05, 0.1) is 6.10 Å². The van der Waals surface area contributed by atoms with Gasteiger partial charge in [0.2, 0.25) is 6.41 Å². The van der Waals surface area contributed by atoms with Gasteiger partial charge >= 0.3 is 0 Å². The fourth-order valence-electron chi connectivity index (χ4n) is 3.28. The molecule has 5 heteroatoms. The van der Waals surface area contributed by atoms with E-state index in [0.717, 1.165) is 42.7 Å². The summed E-state index contributed by atoms with van der Waals surface area (Å²) in [6.07, 6.45) is 15.8. The maximum absolute atomic E-state index is 9.96. The van der Waals surface area contributed by atoms with Gasteiger partial charge in [0.15, 0.2) is 0 Å². The highest BCUT2D eigenvalue weighted by molar-refractivity contribution is 5.75. The molecule has 0 aliphatic heterocycles. The normalized spacial score (nSPS) is 17.3. The first-order valence-corrected chi connectivity index (χ1v) is 12.2. The molecule has 0 bridgehead atoms. The van der Waals surface area contributed by atoms with E-state index in [1.807, 2.05) is 30.5 Å². The predicted molar refractivity (Wildman–Crippen MR) is 136 cm³/mol. The number of para-hydroxylation sites is 1. The van der Waals surface area contributed by atoms with Gasteiger partial charge < -0.3 is 15.2 Å². The van der Waals surface area contributed by atoms with Crippen LogP contribution in [0.25, 0.3) is 6.08 Å². The monoisotopic (exact) mass is 444 g/mol. The number of amides is 1. The molecule has 32 heavy (non-hydrogen) atoms. The molecule has 1 aromatic carbocycles. The van der Waals surface area contributed by atoms with Crippen LogP contribution in [0.5, 0.6) is 5.75 Å². The van der Waals surface area contributed by atoms with Crippen LogP contribution in [-0.4, -0.2) is 36.0 Å². The number of carbonyl (C=O) groups excluding carboxylic acids is 1. The topological polar surface area (TPSA) is 70.9 Å². The molecule has 180 valence electrons. The predicted octanol–water partition coefficient (Wildman–Crippen LogP) is 6.46. The van der Waals surface area contributed by atoms with Gasteiger partial charge in [-0.15, -0.1) is 0 Å². The summed E-state index contributed by atoms with van der Waals surface area (Å²) >= 11 is 0. The molecule has 0 radical (unpaired) electrons. The summed E-state index contributed by atoms with van der Waals surface area (Å²) in [4.78, 5) is 14.6. The second-order valence-corrected chi connectivity index (χ2v) is 8.95. The van der Waals surface area contributed by atoms with Crippen LogP contribution < -0.4 is 10.1 Å². The van der Waals surface area contributed by atoms with Gasteiger partial charge in [-0.3, -0.25) is 9.79 Å². The highest BCUT2D eigenvalue weighted by Crippen LogP contribution is 2.35. The van der Waals surface area contributed by atoms with Crippen LogP contribution in [0.4, 0.5) is 5.69 Å². The molecule has 1 amide bonds. The van der Waals surface area contributed by atoms with Crippen LogP contribution in [-0.2, 0) is 4.79 Å². The summed E-state index contributed by atoms with van der Waals surface area (Å²) in [6, 6.07) is 6.53. The van der Waals surface area contributed by atoms with E-state index in [-0.39, 0.29) is 6.10 Å². The molecule has 2 fully saturated rings. The molecule has 3 rings (SSSR count). The number of hydrogen-bond donors (Lipinski definition) is 2. The number of aliphatic hydroxyl groups excluding tert-OH is 1. The fourth-order valence-corrected chi connectivity index (χ4v) is 3.28. The van der Waals surface area contributed by atoms with Gasteiger partial charge in [-0.2, -0.15) is 0 Å². The maximum Gasteiger partial charge on any atom is 0.207 e. The summed E-state index contributed by atoms with van der Waals surface area (Å²) in [6.45, 7) is 11.6. The molecular formula is C27H44N2O3. The first-order chi connectivity index (χ1) is 15.4. The third kappa shape index (κ3) is 11.5. The number of ether oxygens (including phenoxy) is 1. The number of benzene rings is 1. The number of aliphatic imine (C=N–C) groups is 1. The Hall–Kier alpha value is -2.14. The lowest BCUT2D eigenvalue weighted by Gasteiger charge is -2.27. The molecule has 1 unspecified atom stereocenters. The van der Waals surface area contributed by atoms with Crippen LogP contribution in [0.2, 0.25) is 0 Å². The largest absolute Gasteiger partial charge is 0.488 e. The standard InChI is InChI=1S/C17H23NO.C7H13NO.C3H8O/c1-4-13(3)12-18-17-14(5-2)8-6-11-16(17)19-15-9-7-10-15;9-6-8-7-4-2-1-3-5-7;1-3(2)4/h5-6,8,11-13,15H,2,4,7,9-10H2,1,3H3;6-7H,1-5H2,(H,8,9);3-4H,1-2H3. The second kappa shape index (κ2) is 16.5. The van der Waals surface area contributed by atoms with Gasteiger partial charge in [0.25, 0.3) is 0 Å². The maximum atomic E-state index is 9.96. The minimum absolute atomic E-state index is 0.167. The Morgan fingerprint density at radius 1 is 1.16 bits per heavy atom. The van der Waals surface area contributed by atoms with Gasteiger partial charge in [-0.25, -0.2) is 0 Å². The smallest absolute Gasteiger partial charge is 0.207 e. The van der Waals surface area contributed by atoms with Crippen LogP contribution in [0.1, 0.15) is 91.0 Å². The summed E-state index contributed by atoms with van der Waals surface area (Å²) in [5.74, 6) is 1.37. The van der Waals surface area contributed by atoms with Crippen molar-refractivity contribution >= 4 is 24.4 Å². The van der Waals surface area contributed by atoms with E-state index in [2.05, 4.69) is 30.7 Å². The summed E-state index contributed by atoms with van der Waals surface area (Å²) in [5.41, 5.74) is 1.96. The van der Waals surface area contributed by atoms with Crippen molar-refractivity contribution in [2.75, 3.05) is 0 Å². The molecule has 1 aromatic rings. The molecule has 2 saturated carbocycles. The number of hydrogen-bond acceptors (Lipinski definition) is 4. The first-order valence-electron chi connectivity index (χ1n) is 12.2. The van der Waals surface area contributed by atoms with E-state index in [1.54, 1.807) is 13.8 Å². The third-order valence-electron chi connectivity index (χ3n) is 5.61. The minimum Gasteiger partial charge on any atom is -0.488 e.